The molecule has 3 rings (SSSR count). The predicted octanol–water partition coefficient (Wildman–Crippen LogP) is 3.06. The van der Waals surface area contributed by atoms with Gasteiger partial charge in [0.1, 0.15) is 0 Å². The first kappa shape index (κ1) is 17.1. The molecule has 0 fully saturated rings. The fourth-order valence-electron chi connectivity index (χ4n) is 2.48. The van der Waals surface area contributed by atoms with E-state index in [4.69, 9.17) is 16.3 Å². The van der Waals surface area contributed by atoms with E-state index in [0.717, 1.165) is 34.3 Å². The molecule has 0 unspecified atom stereocenters. The second-order valence-corrected chi connectivity index (χ2v) is 6.78. The van der Waals surface area contributed by atoms with Crippen molar-refractivity contribution in [2.24, 2.45) is 0 Å². The minimum absolute atomic E-state index is 0.0468. The Balaban J connectivity index is 1.79. The molecule has 126 valence electrons. The van der Waals surface area contributed by atoms with Crippen LogP contribution in [-0.4, -0.2) is 34.5 Å². The van der Waals surface area contributed by atoms with Gasteiger partial charge >= 0.3 is 0 Å². The normalized spacial score (nSPS) is 11.5. The zero-order valence-corrected chi connectivity index (χ0v) is 14.9. The molecule has 7 heteroatoms. The largest absolute Gasteiger partial charge is 0.383 e. The average molecular weight is 364 g/mol. The van der Waals surface area contributed by atoms with E-state index in [2.05, 4.69) is 9.88 Å². The van der Waals surface area contributed by atoms with Crippen LogP contribution in [0.5, 0.6) is 0 Å². The van der Waals surface area contributed by atoms with Gasteiger partial charge in [-0.2, -0.15) is 0 Å². The Kier molecular flexibility index (Phi) is 5.63. The maximum Gasteiger partial charge on any atom is 0.258 e. The quantitative estimate of drug-likeness (QED) is 0.647. The van der Waals surface area contributed by atoms with Crippen LogP contribution in [0.2, 0.25) is 5.02 Å². The van der Waals surface area contributed by atoms with E-state index in [-0.39, 0.29) is 5.56 Å². The van der Waals surface area contributed by atoms with Crippen molar-refractivity contribution < 1.29 is 4.74 Å². The van der Waals surface area contributed by atoms with Gasteiger partial charge in [0.25, 0.3) is 5.56 Å². The number of rotatable bonds is 7. The Labute approximate surface area is 149 Å². The Morgan fingerprint density at radius 3 is 2.83 bits per heavy atom. The lowest BCUT2D eigenvalue weighted by molar-refractivity contribution is 0.139. The fourth-order valence-corrected chi connectivity index (χ4v) is 3.34. The summed E-state index contributed by atoms with van der Waals surface area (Å²) >= 11 is 7.40. The number of nitrogens with zero attached hydrogens (tertiary/aromatic N) is 3. The zero-order chi connectivity index (χ0) is 16.9. The van der Waals surface area contributed by atoms with Crippen molar-refractivity contribution in [3.05, 3.63) is 68.5 Å². The number of aromatic nitrogens is 2. The number of ether oxygens (including phenoxy) is 1. The molecule has 2 heterocycles. The van der Waals surface area contributed by atoms with Crippen LogP contribution in [0.1, 0.15) is 11.3 Å². The standard InChI is InChI=1S/C17H18ClN3O2S/c1-23-8-6-20(11-13-2-4-14(18)5-3-13)12-15-10-16(22)21-7-9-24-17(21)19-15/h2-5,7,9-10H,6,8,11-12H2,1H3. The van der Waals surface area contributed by atoms with Crippen molar-refractivity contribution in [3.8, 4) is 0 Å². The van der Waals surface area contributed by atoms with Gasteiger partial charge in [0.15, 0.2) is 4.96 Å². The van der Waals surface area contributed by atoms with Gasteiger partial charge in [-0.15, -0.1) is 11.3 Å². The van der Waals surface area contributed by atoms with Gasteiger partial charge in [-0.25, -0.2) is 4.98 Å². The van der Waals surface area contributed by atoms with Crippen LogP contribution in [0.25, 0.3) is 4.96 Å². The van der Waals surface area contributed by atoms with Crippen LogP contribution in [-0.2, 0) is 17.8 Å². The monoisotopic (exact) mass is 363 g/mol. The third-order valence-corrected chi connectivity index (χ3v) is 4.68. The summed E-state index contributed by atoms with van der Waals surface area (Å²) in [6.45, 7) is 2.71. The summed E-state index contributed by atoms with van der Waals surface area (Å²) in [4.78, 5) is 19.6. The van der Waals surface area contributed by atoms with Crippen LogP contribution >= 0.6 is 22.9 Å². The molecule has 0 saturated heterocycles. The van der Waals surface area contributed by atoms with Gasteiger partial charge in [0.2, 0.25) is 0 Å². The Hall–Kier alpha value is -1.73. The third-order valence-electron chi connectivity index (χ3n) is 3.67. The van der Waals surface area contributed by atoms with Gasteiger partial charge in [0, 0.05) is 49.4 Å². The van der Waals surface area contributed by atoms with Gasteiger partial charge in [-0.1, -0.05) is 23.7 Å². The summed E-state index contributed by atoms with van der Waals surface area (Å²) in [5, 5.41) is 2.59. The van der Waals surface area contributed by atoms with Crippen molar-refractivity contribution in [2.45, 2.75) is 13.1 Å². The van der Waals surface area contributed by atoms with Gasteiger partial charge in [0.05, 0.1) is 12.3 Å². The lowest BCUT2D eigenvalue weighted by Crippen LogP contribution is -2.28. The molecule has 0 atom stereocenters. The Morgan fingerprint density at radius 2 is 2.08 bits per heavy atom. The average Bonchev–Trinajstić information content (AvgIpc) is 3.04. The molecule has 1 aromatic carbocycles. The molecule has 5 nitrogen and oxygen atoms in total. The predicted molar refractivity (Wildman–Crippen MR) is 96.8 cm³/mol. The topological polar surface area (TPSA) is 46.8 Å². The van der Waals surface area contributed by atoms with Crippen LogP contribution < -0.4 is 5.56 Å². The highest BCUT2D eigenvalue weighted by Crippen LogP contribution is 2.14. The lowest BCUT2D eigenvalue weighted by Gasteiger charge is -2.21. The number of benzene rings is 1. The Bertz CT molecular complexity index is 860. The molecular weight excluding hydrogens is 346 g/mol. The maximum absolute atomic E-state index is 12.1. The molecule has 0 spiro atoms. The van der Waals surface area contributed by atoms with E-state index in [0.29, 0.717) is 13.2 Å². The van der Waals surface area contributed by atoms with Crippen molar-refractivity contribution in [1.29, 1.82) is 0 Å². The van der Waals surface area contributed by atoms with Crippen LogP contribution in [0.15, 0.2) is 46.7 Å². The zero-order valence-electron chi connectivity index (χ0n) is 13.3. The van der Waals surface area contributed by atoms with Crippen molar-refractivity contribution in [2.75, 3.05) is 20.3 Å². The van der Waals surface area contributed by atoms with Crippen molar-refractivity contribution >= 4 is 27.9 Å². The van der Waals surface area contributed by atoms with E-state index < -0.39 is 0 Å². The second-order valence-electron chi connectivity index (χ2n) is 5.47. The van der Waals surface area contributed by atoms with E-state index in [1.165, 1.54) is 11.3 Å². The highest BCUT2D eigenvalue weighted by molar-refractivity contribution is 7.15. The van der Waals surface area contributed by atoms with Gasteiger partial charge in [-0.3, -0.25) is 14.1 Å². The van der Waals surface area contributed by atoms with E-state index in [1.54, 1.807) is 23.8 Å². The SMILES string of the molecule is COCCN(Cc1ccc(Cl)cc1)Cc1cc(=O)n2ccsc2n1. The molecule has 3 aromatic rings. The molecule has 0 aliphatic rings. The minimum Gasteiger partial charge on any atom is -0.383 e. The number of halogens is 1. The number of hydrogen-bond donors (Lipinski definition) is 0. The number of methoxy groups -OCH3 is 1. The smallest absolute Gasteiger partial charge is 0.258 e. The summed E-state index contributed by atoms with van der Waals surface area (Å²) in [5.41, 5.74) is 1.88. The first-order valence-corrected chi connectivity index (χ1v) is 8.83. The number of hydrogen-bond acceptors (Lipinski definition) is 5. The molecule has 24 heavy (non-hydrogen) atoms. The maximum atomic E-state index is 12.1. The number of thiazole rings is 1. The second kappa shape index (κ2) is 7.90. The lowest BCUT2D eigenvalue weighted by atomic mass is 10.2. The Morgan fingerprint density at radius 1 is 1.29 bits per heavy atom. The van der Waals surface area contributed by atoms with E-state index >= 15 is 0 Å². The molecular formula is C17H18ClN3O2S. The molecule has 0 aliphatic carbocycles. The number of fused-ring (bicyclic) bond motifs is 1. The van der Waals surface area contributed by atoms with Crippen molar-refractivity contribution in [3.63, 3.8) is 0 Å². The first-order valence-electron chi connectivity index (χ1n) is 7.57. The molecule has 0 radical (unpaired) electrons. The summed E-state index contributed by atoms with van der Waals surface area (Å²) in [6.07, 6.45) is 1.75. The first-order chi connectivity index (χ1) is 11.7. The highest BCUT2D eigenvalue weighted by Gasteiger charge is 2.10. The molecule has 0 N–H and O–H groups in total. The highest BCUT2D eigenvalue weighted by atomic mass is 35.5. The van der Waals surface area contributed by atoms with Crippen LogP contribution in [0.3, 0.4) is 0 Å². The summed E-state index contributed by atoms with van der Waals surface area (Å²) < 4.78 is 6.76. The summed E-state index contributed by atoms with van der Waals surface area (Å²) in [6, 6.07) is 9.38. The molecule has 0 aliphatic heterocycles. The molecule has 2 aromatic heterocycles. The molecule has 0 bridgehead atoms. The van der Waals surface area contributed by atoms with Crippen LogP contribution in [0.4, 0.5) is 0 Å². The van der Waals surface area contributed by atoms with Crippen molar-refractivity contribution in [1.82, 2.24) is 14.3 Å². The van der Waals surface area contributed by atoms with E-state index in [9.17, 15) is 4.79 Å². The summed E-state index contributed by atoms with van der Waals surface area (Å²) in [5.74, 6) is 0. The minimum atomic E-state index is -0.0468. The molecule has 0 amide bonds. The van der Waals surface area contributed by atoms with Crippen LogP contribution in [0, 0.1) is 0 Å². The third kappa shape index (κ3) is 4.21. The fraction of sp³-hybridized carbons (Fsp3) is 0.294. The van der Waals surface area contributed by atoms with Gasteiger partial charge in [-0.05, 0) is 17.7 Å². The molecule has 0 saturated carbocycles. The summed E-state index contributed by atoms with van der Waals surface area (Å²) in [7, 11) is 1.68. The van der Waals surface area contributed by atoms with E-state index in [1.807, 2.05) is 29.6 Å². The van der Waals surface area contributed by atoms with Gasteiger partial charge < -0.3 is 4.74 Å².